The van der Waals surface area contributed by atoms with Crippen molar-refractivity contribution in [1.29, 1.82) is 0 Å². The van der Waals surface area contributed by atoms with Gasteiger partial charge in [-0.05, 0) is 31.2 Å². The number of hydrogen-bond acceptors (Lipinski definition) is 8. The number of nitrogens with two attached hydrogens (primary N) is 2. The van der Waals surface area contributed by atoms with E-state index < -0.39 is 6.09 Å². The van der Waals surface area contributed by atoms with Gasteiger partial charge in [-0.3, -0.25) is 9.59 Å². The van der Waals surface area contributed by atoms with E-state index in [0.717, 1.165) is 60.4 Å². The number of nitrogens with zero attached hydrogens (tertiary/aromatic N) is 1. The lowest BCUT2D eigenvalue weighted by molar-refractivity contribution is -0.123. The van der Waals surface area contributed by atoms with Gasteiger partial charge >= 0.3 is 6.09 Å². The Kier molecular flexibility index (Phi) is 13.8. The average molecular weight is 598 g/mol. The smallest absolute Gasteiger partial charge is 0.417 e. The van der Waals surface area contributed by atoms with Crippen molar-refractivity contribution in [2.75, 3.05) is 13.1 Å². The molecule has 3 amide bonds. The largest absolute Gasteiger partial charge is 0.444 e. The van der Waals surface area contributed by atoms with Gasteiger partial charge in [0, 0.05) is 47.7 Å². The lowest BCUT2D eigenvalue weighted by Gasteiger charge is -2.30. The summed E-state index contributed by atoms with van der Waals surface area (Å²) >= 11 is 0. The number of amides is 3. The molecule has 1 aromatic rings. The van der Waals surface area contributed by atoms with Crippen LogP contribution in [0.1, 0.15) is 56.9 Å². The molecule has 1 unspecified atom stereocenters. The molecule has 0 saturated heterocycles. The topological polar surface area (TPSA) is 152 Å². The Morgan fingerprint density at radius 1 is 0.875 bits per heavy atom. The fraction of sp³-hybridized carbons (Fsp3) is 0.536. The van der Waals surface area contributed by atoms with Gasteiger partial charge < -0.3 is 32.2 Å². The Hall–Kier alpha value is -2.79. The molecule has 222 valence electrons. The van der Waals surface area contributed by atoms with Gasteiger partial charge in [0.2, 0.25) is 5.91 Å². The molecule has 0 bridgehead atoms. The fourth-order valence-corrected chi connectivity index (χ4v) is 5.25. The van der Waals surface area contributed by atoms with Gasteiger partial charge in [0.05, 0.1) is 13.1 Å². The van der Waals surface area contributed by atoms with Gasteiger partial charge in [-0.1, -0.05) is 56.0 Å². The van der Waals surface area contributed by atoms with Gasteiger partial charge in [-0.25, -0.2) is 9.69 Å². The van der Waals surface area contributed by atoms with Crippen molar-refractivity contribution >= 4 is 42.7 Å². The van der Waals surface area contributed by atoms with Crippen molar-refractivity contribution in [1.82, 2.24) is 20.9 Å². The first kappa shape index (κ1) is 33.4. The van der Waals surface area contributed by atoms with Gasteiger partial charge in [0.15, 0.2) is 0 Å². The second-order valence-electron chi connectivity index (χ2n) is 10.4. The minimum absolute atomic E-state index is 0. The summed E-state index contributed by atoms with van der Waals surface area (Å²) in [5.74, 6) is -0.350. The quantitative estimate of drug-likeness (QED) is 0.336. The molecule has 0 radical (unpaired) electrons. The van der Waals surface area contributed by atoms with Crippen LogP contribution in [0.25, 0.3) is 0 Å². The predicted molar refractivity (Wildman–Crippen MR) is 159 cm³/mol. The zero-order chi connectivity index (χ0) is 26.9. The van der Waals surface area contributed by atoms with E-state index in [2.05, 4.69) is 16.0 Å². The summed E-state index contributed by atoms with van der Waals surface area (Å²) in [6, 6.07) is 10.2. The lowest BCUT2D eigenvalue weighted by atomic mass is 9.91. The van der Waals surface area contributed by atoms with E-state index in [4.69, 9.17) is 16.2 Å². The molecule has 2 aliphatic carbocycles. The third-order valence-corrected chi connectivity index (χ3v) is 7.46. The standard InChI is InChI=1S/C18H23N3O3.C10H17N3O.2ClH/c19-15-8-4-5-9-16(15)20-14-10-17(22)21(11-14)18(23)24-12-13-6-2-1-3-7-13;11-8-3-1-2-4-9(8)13-7-5-10(14)12-6-7;;/h1-3,6-7,10,15-16,20H,4-5,8-9,11-12,19H2;5,8-9,13H,1-4,6,11H2,(H,12,14);2*1H/t15-,16?;8-,9-;;/m11../s1. The molecule has 10 nitrogen and oxygen atoms in total. The monoisotopic (exact) mass is 596 g/mol. The van der Waals surface area contributed by atoms with Gasteiger partial charge in [-0.15, -0.1) is 24.8 Å². The number of ether oxygens (including phenoxy) is 1. The Bertz CT molecular complexity index is 1050. The molecule has 5 rings (SSSR count). The zero-order valence-electron chi connectivity index (χ0n) is 22.7. The third kappa shape index (κ3) is 9.69. The highest BCUT2D eigenvalue weighted by Gasteiger charge is 2.31. The average Bonchev–Trinajstić information content (AvgIpc) is 3.50. The van der Waals surface area contributed by atoms with Gasteiger partial charge in [-0.2, -0.15) is 0 Å². The van der Waals surface area contributed by atoms with Crippen LogP contribution >= 0.6 is 24.8 Å². The van der Waals surface area contributed by atoms with Crippen molar-refractivity contribution in [3.05, 3.63) is 59.4 Å². The Labute approximate surface area is 248 Å². The first-order valence-corrected chi connectivity index (χ1v) is 13.6. The first-order chi connectivity index (χ1) is 18.4. The number of benzene rings is 1. The molecule has 0 spiro atoms. The van der Waals surface area contributed by atoms with Crippen LogP contribution in [-0.4, -0.2) is 60.1 Å². The van der Waals surface area contributed by atoms with Crippen molar-refractivity contribution in [3.8, 4) is 0 Å². The van der Waals surface area contributed by atoms with Crippen LogP contribution in [0.15, 0.2) is 53.9 Å². The fourth-order valence-electron chi connectivity index (χ4n) is 5.25. The normalized spacial score (nSPS) is 25.6. The molecule has 1 aromatic carbocycles. The SMILES string of the molecule is Cl.Cl.N[C@@H]1CCCCC1NC1=CC(=O)N(C(=O)OCc2ccccc2)C1.N[C@@H]1CCCC[C@H]1NC1=CC(=O)NC1. The molecule has 4 atom stereocenters. The number of nitrogens with one attached hydrogen (secondary N) is 3. The van der Waals surface area contributed by atoms with E-state index in [1.165, 1.54) is 18.9 Å². The predicted octanol–water partition coefficient (Wildman–Crippen LogP) is 2.61. The van der Waals surface area contributed by atoms with Crippen LogP contribution in [0.2, 0.25) is 0 Å². The maximum atomic E-state index is 12.1. The second-order valence-corrected chi connectivity index (χ2v) is 10.4. The van der Waals surface area contributed by atoms with Gasteiger partial charge in [0.1, 0.15) is 6.61 Å². The van der Waals surface area contributed by atoms with Gasteiger partial charge in [0.25, 0.3) is 5.91 Å². The number of halogens is 2. The van der Waals surface area contributed by atoms with Crippen molar-refractivity contribution < 1.29 is 19.1 Å². The molecule has 2 fully saturated rings. The van der Waals surface area contributed by atoms with Crippen LogP contribution in [-0.2, 0) is 20.9 Å². The molecule has 2 heterocycles. The van der Waals surface area contributed by atoms with E-state index in [1.54, 1.807) is 6.08 Å². The van der Waals surface area contributed by atoms with Crippen LogP contribution in [0.4, 0.5) is 4.79 Å². The van der Waals surface area contributed by atoms with Crippen LogP contribution in [0.5, 0.6) is 0 Å². The minimum Gasteiger partial charge on any atom is -0.444 e. The van der Waals surface area contributed by atoms with E-state index in [0.29, 0.717) is 12.6 Å². The number of hydrogen-bond donors (Lipinski definition) is 5. The number of carbonyl (C=O) groups excluding carboxylic acids is 3. The van der Waals surface area contributed by atoms with Crippen LogP contribution in [0, 0.1) is 0 Å². The zero-order valence-corrected chi connectivity index (χ0v) is 24.3. The summed E-state index contributed by atoms with van der Waals surface area (Å²) in [7, 11) is 0. The van der Waals surface area contributed by atoms with Crippen molar-refractivity contribution in [3.63, 3.8) is 0 Å². The Morgan fingerprint density at radius 3 is 2.00 bits per heavy atom. The highest BCUT2D eigenvalue weighted by Crippen LogP contribution is 2.20. The van der Waals surface area contributed by atoms with Crippen molar-refractivity contribution in [2.45, 2.75) is 82.1 Å². The lowest BCUT2D eigenvalue weighted by Crippen LogP contribution is -2.47. The Balaban J connectivity index is 0.000000301. The summed E-state index contributed by atoms with van der Waals surface area (Å²) < 4.78 is 5.22. The molecule has 0 aromatic heterocycles. The molecule has 2 saturated carbocycles. The molecule has 7 N–H and O–H groups in total. The molecule has 2 aliphatic heterocycles. The third-order valence-electron chi connectivity index (χ3n) is 7.46. The van der Waals surface area contributed by atoms with E-state index >= 15 is 0 Å². The minimum atomic E-state index is -0.621. The van der Waals surface area contributed by atoms with E-state index in [-0.39, 0.29) is 67.9 Å². The number of carbonyl (C=O) groups is 3. The summed E-state index contributed by atoms with van der Waals surface area (Å²) in [4.78, 5) is 36.2. The van der Waals surface area contributed by atoms with Crippen molar-refractivity contribution in [2.24, 2.45) is 11.5 Å². The first-order valence-electron chi connectivity index (χ1n) is 13.6. The summed E-state index contributed by atoms with van der Waals surface area (Å²) in [5, 5.41) is 9.41. The summed E-state index contributed by atoms with van der Waals surface area (Å²) in [6.45, 7) is 0.997. The molecular formula is C28H42Cl2N6O4. The maximum Gasteiger partial charge on any atom is 0.417 e. The highest BCUT2D eigenvalue weighted by atomic mass is 35.5. The van der Waals surface area contributed by atoms with Crippen LogP contribution < -0.4 is 27.4 Å². The molecular weight excluding hydrogens is 555 g/mol. The van der Waals surface area contributed by atoms with E-state index in [9.17, 15) is 14.4 Å². The van der Waals surface area contributed by atoms with E-state index in [1.807, 2.05) is 30.3 Å². The second kappa shape index (κ2) is 16.5. The summed E-state index contributed by atoms with van der Waals surface area (Å²) in [6.07, 6.45) is 11.4. The maximum absolute atomic E-state index is 12.1. The number of rotatable bonds is 6. The molecule has 4 aliphatic rings. The van der Waals surface area contributed by atoms with Crippen LogP contribution in [0.3, 0.4) is 0 Å². The Morgan fingerprint density at radius 2 is 1.45 bits per heavy atom. The summed E-state index contributed by atoms with van der Waals surface area (Å²) in [5.41, 5.74) is 14.7. The molecule has 12 heteroatoms. The highest BCUT2D eigenvalue weighted by molar-refractivity contribution is 6.01. The number of imide groups is 1. The molecule has 40 heavy (non-hydrogen) atoms.